The number of carbonyl (C=O) groups is 2. The van der Waals surface area contributed by atoms with Crippen LogP contribution in [0.25, 0.3) is 0 Å². The van der Waals surface area contributed by atoms with Crippen LogP contribution in [0.1, 0.15) is 29.3 Å². The highest BCUT2D eigenvalue weighted by Crippen LogP contribution is 2.14. The number of benzene rings is 2. The molecule has 11 heteroatoms. The second-order valence-electron chi connectivity index (χ2n) is 7.37. The summed E-state index contributed by atoms with van der Waals surface area (Å²) in [5.74, 6) is -1.94. The molecule has 0 fully saturated rings. The van der Waals surface area contributed by atoms with Crippen LogP contribution < -0.4 is 10.8 Å². The first-order chi connectivity index (χ1) is 16.4. The molecule has 0 heterocycles. The van der Waals surface area contributed by atoms with Gasteiger partial charge in [-0.2, -0.15) is 0 Å². The number of ether oxygens (including phenoxy) is 3. The van der Waals surface area contributed by atoms with Gasteiger partial charge in [0.25, 0.3) is 11.6 Å². The summed E-state index contributed by atoms with van der Waals surface area (Å²) in [6, 6.07) is 13.9. The number of hydrogen-bond acceptors (Lipinski definition) is 8. The summed E-state index contributed by atoms with van der Waals surface area (Å²) < 4.78 is 16.3. The SMILES string of the molecule is CCOCOCC(CC(COCc1ccccc1)C(=O)NO)NC(=O)c1ccc([N+](=O)[O-])cc1. The first-order valence-corrected chi connectivity index (χ1v) is 10.7. The Balaban J connectivity index is 2.04. The van der Waals surface area contributed by atoms with Crippen molar-refractivity contribution in [3.05, 3.63) is 75.8 Å². The fourth-order valence-corrected chi connectivity index (χ4v) is 3.08. The lowest BCUT2D eigenvalue weighted by Gasteiger charge is -2.23. The minimum absolute atomic E-state index is 0.00176. The second kappa shape index (κ2) is 14.7. The number of nitro benzene ring substituents is 1. The molecule has 3 N–H and O–H groups in total. The van der Waals surface area contributed by atoms with Gasteiger partial charge in [-0.15, -0.1) is 0 Å². The quantitative estimate of drug-likeness (QED) is 0.117. The molecule has 0 saturated heterocycles. The lowest BCUT2D eigenvalue weighted by atomic mass is 9.99. The third-order valence-electron chi connectivity index (χ3n) is 4.85. The number of nitrogens with one attached hydrogen (secondary N) is 2. The molecule has 0 bridgehead atoms. The number of nitro groups is 1. The van der Waals surface area contributed by atoms with Crippen LogP contribution in [0.4, 0.5) is 5.69 Å². The van der Waals surface area contributed by atoms with E-state index in [9.17, 15) is 19.7 Å². The van der Waals surface area contributed by atoms with Gasteiger partial charge >= 0.3 is 0 Å². The molecular formula is C23H29N3O8. The molecule has 0 spiro atoms. The molecule has 2 aromatic carbocycles. The van der Waals surface area contributed by atoms with Gasteiger partial charge < -0.3 is 19.5 Å². The molecule has 2 rings (SSSR count). The van der Waals surface area contributed by atoms with E-state index >= 15 is 0 Å². The average molecular weight is 475 g/mol. The van der Waals surface area contributed by atoms with Crippen molar-refractivity contribution in [2.24, 2.45) is 5.92 Å². The highest BCUT2D eigenvalue weighted by atomic mass is 16.7. The van der Waals surface area contributed by atoms with Crippen molar-refractivity contribution in [1.82, 2.24) is 10.8 Å². The van der Waals surface area contributed by atoms with Crippen LogP contribution in [0.15, 0.2) is 54.6 Å². The molecule has 0 aliphatic rings. The van der Waals surface area contributed by atoms with Crippen LogP contribution in [-0.4, -0.2) is 54.6 Å². The molecule has 2 unspecified atom stereocenters. The molecule has 2 atom stereocenters. The Bertz CT molecular complexity index is 908. The molecule has 2 amide bonds. The van der Waals surface area contributed by atoms with Gasteiger partial charge in [0.15, 0.2) is 0 Å². The molecule has 0 aliphatic heterocycles. The van der Waals surface area contributed by atoms with E-state index in [2.05, 4.69) is 5.32 Å². The minimum atomic E-state index is -0.786. The van der Waals surface area contributed by atoms with Crippen molar-refractivity contribution < 1.29 is 33.9 Å². The van der Waals surface area contributed by atoms with Gasteiger partial charge in [-0.05, 0) is 31.0 Å². The molecular weight excluding hydrogens is 446 g/mol. The standard InChI is InChI=1S/C23H29N3O8/c1-2-32-16-34-15-20(24-22(27)18-8-10-21(11-9-18)26(30)31)12-19(23(28)25-29)14-33-13-17-6-4-3-5-7-17/h3-11,19-20,29H,2,12-16H2,1H3,(H,24,27)(H,25,28). The van der Waals surface area contributed by atoms with Crippen LogP contribution in [0, 0.1) is 16.0 Å². The smallest absolute Gasteiger partial charge is 0.269 e. The zero-order valence-corrected chi connectivity index (χ0v) is 18.8. The Morgan fingerprint density at radius 3 is 2.35 bits per heavy atom. The molecule has 34 heavy (non-hydrogen) atoms. The number of hydroxylamine groups is 1. The number of nitrogens with zero attached hydrogens (tertiary/aromatic N) is 1. The van der Waals surface area contributed by atoms with E-state index in [0.29, 0.717) is 6.61 Å². The number of carbonyl (C=O) groups excluding carboxylic acids is 2. The van der Waals surface area contributed by atoms with Crippen molar-refractivity contribution in [1.29, 1.82) is 0 Å². The van der Waals surface area contributed by atoms with E-state index in [-0.39, 0.29) is 44.3 Å². The lowest BCUT2D eigenvalue weighted by molar-refractivity contribution is -0.384. The first-order valence-electron chi connectivity index (χ1n) is 10.7. The summed E-state index contributed by atoms with van der Waals surface area (Å²) in [4.78, 5) is 35.2. The van der Waals surface area contributed by atoms with Crippen molar-refractivity contribution in [3.8, 4) is 0 Å². The molecule has 184 valence electrons. The lowest BCUT2D eigenvalue weighted by Crippen LogP contribution is -2.43. The van der Waals surface area contributed by atoms with Crippen molar-refractivity contribution in [2.45, 2.75) is 26.0 Å². The van der Waals surface area contributed by atoms with Gasteiger partial charge in [0.1, 0.15) is 6.79 Å². The van der Waals surface area contributed by atoms with E-state index in [1.54, 1.807) is 5.48 Å². The van der Waals surface area contributed by atoms with Crippen LogP contribution in [0.5, 0.6) is 0 Å². The highest BCUT2D eigenvalue weighted by molar-refractivity contribution is 5.94. The largest absolute Gasteiger partial charge is 0.376 e. The van der Waals surface area contributed by atoms with E-state index in [4.69, 9.17) is 19.4 Å². The van der Waals surface area contributed by atoms with E-state index in [0.717, 1.165) is 5.56 Å². The van der Waals surface area contributed by atoms with Crippen LogP contribution >= 0.6 is 0 Å². The van der Waals surface area contributed by atoms with E-state index < -0.39 is 28.7 Å². The van der Waals surface area contributed by atoms with Crippen molar-refractivity contribution in [2.75, 3.05) is 26.6 Å². The van der Waals surface area contributed by atoms with Gasteiger partial charge in [-0.1, -0.05) is 30.3 Å². The highest BCUT2D eigenvalue weighted by Gasteiger charge is 2.25. The summed E-state index contributed by atoms with van der Waals surface area (Å²) >= 11 is 0. The number of non-ortho nitro benzene ring substituents is 1. The van der Waals surface area contributed by atoms with Crippen molar-refractivity contribution >= 4 is 17.5 Å². The van der Waals surface area contributed by atoms with Crippen molar-refractivity contribution in [3.63, 3.8) is 0 Å². The molecule has 2 aromatic rings. The maximum atomic E-state index is 12.7. The normalized spacial score (nSPS) is 12.5. The number of amides is 2. The zero-order chi connectivity index (χ0) is 24.8. The van der Waals surface area contributed by atoms with Crippen LogP contribution in [0.3, 0.4) is 0 Å². The van der Waals surface area contributed by atoms with E-state index in [1.807, 2.05) is 37.3 Å². The van der Waals surface area contributed by atoms with E-state index in [1.165, 1.54) is 24.3 Å². The van der Waals surface area contributed by atoms with Crippen LogP contribution in [0.2, 0.25) is 0 Å². The molecule has 0 aliphatic carbocycles. The molecule has 0 aromatic heterocycles. The van der Waals surface area contributed by atoms with Gasteiger partial charge in [0.2, 0.25) is 5.91 Å². The Kier molecular flexibility index (Phi) is 11.6. The summed E-state index contributed by atoms with van der Waals surface area (Å²) in [6.45, 7) is 2.56. The fraction of sp³-hybridized carbons (Fsp3) is 0.391. The predicted molar refractivity (Wildman–Crippen MR) is 121 cm³/mol. The average Bonchev–Trinajstić information content (AvgIpc) is 2.86. The third-order valence-corrected chi connectivity index (χ3v) is 4.85. The Morgan fingerprint density at radius 2 is 1.74 bits per heavy atom. The minimum Gasteiger partial charge on any atom is -0.376 e. The van der Waals surface area contributed by atoms with Gasteiger partial charge in [-0.3, -0.25) is 24.9 Å². The molecule has 0 radical (unpaired) electrons. The van der Waals surface area contributed by atoms with Gasteiger partial charge in [0.05, 0.1) is 36.7 Å². The fourth-order valence-electron chi connectivity index (χ4n) is 3.08. The third kappa shape index (κ3) is 9.24. The maximum absolute atomic E-state index is 12.7. The Labute approximate surface area is 197 Å². The first kappa shape index (κ1) is 26.9. The second-order valence-corrected chi connectivity index (χ2v) is 7.37. The summed E-state index contributed by atoms with van der Waals surface area (Å²) in [6.07, 6.45) is 0.103. The Morgan fingerprint density at radius 1 is 1.03 bits per heavy atom. The predicted octanol–water partition coefficient (Wildman–Crippen LogP) is 2.43. The molecule has 11 nitrogen and oxygen atoms in total. The summed E-state index contributed by atoms with van der Waals surface area (Å²) in [7, 11) is 0. The number of hydrogen-bond donors (Lipinski definition) is 3. The maximum Gasteiger partial charge on any atom is 0.269 e. The summed E-state index contributed by atoms with van der Waals surface area (Å²) in [5, 5.41) is 22.8. The van der Waals surface area contributed by atoms with Crippen LogP contribution in [-0.2, 0) is 25.6 Å². The Hall–Kier alpha value is -3.38. The zero-order valence-electron chi connectivity index (χ0n) is 18.8. The molecule has 0 saturated carbocycles. The van der Waals surface area contributed by atoms with Gasteiger partial charge in [-0.25, -0.2) is 5.48 Å². The summed E-state index contributed by atoms with van der Waals surface area (Å²) in [5.41, 5.74) is 2.64. The number of rotatable bonds is 15. The van der Waals surface area contributed by atoms with Gasteiger partial charge in [0, 0.05) is 24.3 Å². The topological polar surface area (TPSA) is 149 Å². The monoisotopic (exact) mass is 475 g/mol.